The molecule has 0 heterocycles. The van der Waals surface area contributed by atoms with E-state index in [-0.39, 0.29) is 16.5 Å². The van der Waals surface area contributed by atoms with E-state index in [2.05, 4.69) is 0 Å². The minimum Gasteiger partial charge on any atom is -0.258 e. The lowest BCUT2D eigenvalue weighted by molar-refractivity contribution is -0.383. The molecular formula is C15H17NO2. The van der Waals surface area contributed by atoms with Crippen molar-refractivity contribution in [3.8, 4) is 0 Å². The number of nitro benzene ring substituents is 1. The molecule has 0 atom stereocenters. The van der Waals surface area contributed by atoms with Crippen LogP contribution in [0.3, 0.4) is 0 Å². The number of nitrogens with zero attached hydrogens (tertiary/aromatic N) is 1. The third-order valence-electron chi connectivity index (χ3n) is 3.31. The van der Waals surface area contributed by atoms with Crippen molar-refractivity contribution in [1.82, 2.24) is 0 Å². The van der Waals surface area contributed by atoms with Crippen LogP contribution in [0.4, 0.5) is 5.69 Å². The minimum absolute atomic E-state index is 0.147. The Morgan fingerprint density at radius 2 is 1.78 bits per heavy atom. The second kappa shape index (κ2) is 4.41. The molecule has 0 saturated carbocycles. The van der Waals surface area contributed by atoms with Gasteiger partial charge < -0.3 is 0 Å². The molecule has 94 valence electrons. The zero-order chi connectivity index (χ0) is 13.4. The van der Waals surface area contributed by atoms with Gasteiger partial charge in [-0.05, 0) is 42.8 Å². The monoisotopic (exact) mass is 243 g/mol. The van der Waals surface area contributed by atoms with Crippen LogP contribution in [0.25, 0.3) is 10.8 Å². The van der Waals surface area contributed by atoms with Gasteiger partial charge in [0.05, 0.1) is 10.3 Å². The van der Waals surface area contributed by atoms with E-state index in [4.69, 9.17) is 0 Å². The molecule has 0 amide bonds. The fourth-order valence-electron chi connectivity index (χ4n) is 2.38. The Hall–Kier alpha value is -1.90. The van der Waals surface area contributed by atoms with Crippen LogP contribution in [0.15, 0.2) is 24.3 Å². The number of rotatable bonds is 2. The minimum atomic E-state index is -0.253. The number of benzene rings is 2. The van der Waals surface area contributed by atoms with Gasteiger partial charge in [-0.2, -0.15) is 0 Å². The molecule has 2 rings (SSSR count). The van der Waals surface area contributed by atoms with Gasteiger partial charge in [0.25, 0.3) is 5.69 Å². The van der Waals surface area contributed by atoms with E-state index in [9.17, 15) is 10.1 Å². The molecule has 0 aromatic heterocycles. The Morgan fingerprint density at radius 1 is 1.11 bits per heavy atom. The molecule has 3 nitrogen and oxygen atoms in total. The van der Waals surface area contributed by atoms with Crippen LogP contribution in [0.2, 0.25) is 0 Å². The van der Waals surface area contributed by atoms with Crippen molar-refractivity contribution < 1.29 is 4.92 Å². The van der Waals surface area contributed by atoms with E-state index in [0.29, 0.717) is 0 Å². The van der Waals surface area contributed by atoms with Gasteiger partial charge >= 0.3 is 0 Å². The zero-order valence-corrected chi connectivity index (χ0v) is 11.2. The highest BCUT2D eigenvalue weighted by atomic mass is 16.6. The molecule has 0 radical (unpaired) electrons. The summed E-state index contributed by atoms with van der Waals surface area (Å²) in [4.78, 5) is 11.1. The van der Waals surface area contributed by atoms with Gasteiger partial charge in [0.1, 0.15) is 0 Å². The maximum atomic E-state index is 11.4. The van der Waals surface area contributed by atoms with E-state index in [1.165, 1.54) is 0 Å². The average Bonchev–Trinajstić information content (AvgIpc) is 2.27. The summed E-state index contributed by atoms with van der Waals surface area (Å²) in [5, 5.41) is 13.1. The van der Waals surface area contributed by atoms with Gasteiger partial charge in [0.2, 0.25) is 0 Å². The molecule has 0 aliphatic carbocycles. The molecule has 0 N–H and O–H groups in total. The van der Waals surface area contributed by atoms with Gasteiger partial charge in [0.15, 0.2) is 0 Å². The molecule has 0 saturated heterocycles. The first-order valence-corrected chi connectivity index (χ1v) is 6.10. The first-order chi connectivity index (χ1) is 8.41. The molecule has 0 aliphatic heterocycles. The van der Waals surface area contributed by atoms with Crippen molar-refractivity contribution in [3.05, 3.63) is 51.1 Å². The van der Waals surface area contributed by atoms with E-state index < -0.39 is 0 Å². The number of aryl methyl sites for hydroxylation is 2. The zero-order valence-electron chi connectivity index (χ0n) is 11.2. The molecule has 0 unspecified atom stereocenters. The summed E-state index contributed by atoms with van der Waals surface area (Å²) in [6, 6.07) is 7.82. The van der Waals surface area contributed by atoms with Crippen LogP contribution >= 0.6 is 0 Å². The summed E-state index contributed by atoms with van der Waals surface area (Å²) < 4.78 is 0. The van der Waals surface area contributed by atoms with Crippen molar-refractivity contribution in [2.24, 2.45) is 0 Å². The van der Waals surface area contributed by atoms with Crippen LogP contribution < -0.4 is 0 Å². The second-order valence-electron chi connectivity index (χ2n) is 5.09. The smallest absolute Gasteiger partial charge is 0.258 e. The molecular weight excluding hydrogens is 226 g/mol. The summed E-state index contributed by atoms with van der Waals surface area (Å²) >= 11 is 0. The van der Waals surface area contributed by atoms with E-state index in [1.54, 1.807) is 0 Å². The molecule has 0 spiro atoms. The quantitative estimate of drug-likeness (QED) is 0.576. The lowest BCUT2D eigenvalue weighted by Crippen LogP contribution is -2.00. The van der Waals surface area contributed by atoms with Gasteiger partial charge in [-0.25, -0.2) is 0 Å². The maximum absolute atomic E-state index is 11.4. The van der Waals surface area contributed by atoms with E-state index >= 15 is 0 Å². The van der Waals surface area contributed by atoms with Gasteiger partial charge in [-0.1, -0.05) is 31.5 Å². The van der Waals surface area contributed by atoms with Crippen molar-refractivity contribution in [2.75, 3.05) is 0 Å². The Kier molecular flexibility index (Phi) is 3.07. The lowest BCUT2D eigenvalue weighted by Gasteiger charge is -2.12. The fraction of sp³-hybridized carbons (Fsp3) is 0.333. The predicted molar refractivity (Wildman–Crippen MR) is 74.2 cm³/mol. The fourth-order valence-corrected chi connectivity index (χ4v) is 2.38. The summed E-state index contributed by atoms with van der Waals surface area (Å²) in [5.74, 6) is 0.147. The van der Waals surface area contributed by atoms with E-state index in [0.717, 1.165) is 27.5 Å². The first kappa shape index (κ1) is 12.6. The molecule has 0 fully saturated rings. The number of nitro groups is 1. The molecule has 0 aliphatic rings. The predicted octanol–water partition coefficient (Wildman–Crippen LogP) is 4.49. The first-order valence-electron chi connectivity index (χ1n) is 6.10. The Labute approximate surface area is 107 Å². The second-order valence-corrected chi connectivity index (χ2v) is 5.09. The highest BCUT2D eigenvalue weighted by Gasteiger charge is 2.21. The molecule has 2 aromatic rings. The van der Waals surface area contributed by atoms with Gasteiger partial charge in [-0.15, -0.1) is 0 Å². The van der Waals surface area contributed by atoms with Crippen molar-refractivity contribution >= 4 is 16.5 Å². The average molecular weight is 243 g/mol. The van der Waals surface area contributed by atoms with Crippen LogP contribution in [0, 0.1) is 24.0 Å². The number of hydrogen-bond donors (Lipinski definition) is 0. The van der Waals surface area contributed by atoms with Crippen molar-refractivity contribution in [2.45, 2.75) is 33.6 Å². The van der Waals surface area contributed by atoms with Crippen LogP contribution in [0.1, 0.15) is 36.5 Å². The topological polar surface area (TPSA) is 43.1 Å². The van der Waals surface area contributed by atoms with Gasteiger partial charge in [0, 0.05) is 5.56 Å². The highest BCUT2D eigenvalue weighted by Crippen LogP contribution is 2.36. The van der Waals surface area contributed by atoms with Gasteiger partial charge in [-0.3, -0.25) is 10.1 Å². The Bertz CT molecular complexity index is 630. The Morgan fingerprint density at radius 3 is 2.33 bits per heavy atom. The molecule has 2 aromatic carbocycles. The third-order valence-corrected chi connectivity index (χ3v) is 3.31. The van der Waals surface area contributed by atoms with Crippen LogP contribution in [0.5, 0.6) is 0 Å². The maximum Gasteiger partial charge on any atom is 0.280 e. The highest BCUT2D eigenvalue weighted by molar-refractivity contribution is 5.95. The lowest BCUT2D eigenvalue weighted by atomic mass is 9.92. The number of fused-ring (bicyclic) bond motifs is 1. The number of hydrogen-bond acceptors (Lipinski definition) is 2. The summed E-state index contributed by atoms with van der Waals surface area (Å²) in [6.07, 6.45) is 0. The molecule has 3 heteroatoms. The van der Waals surface area contributed by atoms with Crippen molar-refractivity contribution in [1.29, 1.82) is 0 Å². The SMILES string of the molecule is Cc1ccc2c(C)cc(C(C)C)c([N+](=O)[O-])c2c1. The molecule has 0 bridgehead atoms. The van der Waals surface area contributed by atoms with Crippen molar-refractivity contribution in [3.63, 3.8) is 0 Å². The normalized spacial score (nSPS) is 11.2. The third kappa shape index (κ3) is 1.96. The van der Waals surface area contributed by atoms with Crippen LogP contribution in [-0.4, -0.2) is 4.92 Å². The van der Waals surface area contributed by atoms with E-state index in [1.807, 2.05) is 52.0 Å². The van der Waals surface area contributed by atoms with Crippen LogP contribution in [-0.2, 0) is 0 Å². The Balaban J connectivity index is 2.96. The largest absolute Gasteiger partial charge is 0.280 e. The summed E-state index contributed by atoms with van der Waals surface area (Å²) in [5.41, 5.74) is 3.22. The standard InChI is InChI=1S/C15H17NO2/c1-9(2)13-8-11(4)12-6-5-10(3)7-14(12)15(13)16(17)18/h5-9H,1-4H3. The molecule has 18 heavy (non-hydrogen) atoms. The summed E-state index contributed by atoms with van der Waals surface area (Å²) in [6.45, 7) is 7.95. The summed E-state index contributed by atoms with van der Waals surface area (Å²) in [7, 11) is 0.